The Labute approximate surface area is 163 Å². The average Bonchev–Trinajstić information content (AvgIpc) is 3.27. The highest BCUT2D eigenvalue weighted by Gasteiger charge is 2.31. The van der Waals surface area contributed by atoms with Crippen molar-refractivity contribution in [2.75, 3.05) is 13.1 Å². The van der Waals surface area contributed by atoms with Crippen molar-refractivity contribution >= 4 is 15.9 Å². The lowest BCUT2D eigenvalue weighted by atomic mass is 9.97. The zero-order valence-corrected chi connectivity index (χ0v) is 17.4. The highest BCUT2D eigenvalue weighted by molar-refractivity contribution is 7.89. The summed E-state index contributed by atoms with van der Waals surface area (Å²) < 4.78 is 28.9. The fraction of sp³-hybridized carbons (Fsp3) is 0.750. The van der Waals surface area contributed by atoms with Gasteiger partial charge in [-0.2, -0.15) is 4.31 Å². The minimum atomic E-state index is -3.51. The van der Waals surface area contributed by atoms with Gasteiger partial charge in [0.2, 0.25) is 10.0 Å². The standard InChI is InChI=1S/C20H33N3O3S/c1-3-4-9-16-10-8-11-18(16)21-20(24)19-14-17(15-22(19)2)27(25,26)23-12-6-5-7-13-23/h14-16,18H,3-13H2,1-2H3,(H,21,24). The fourth-order valence-electron chi connectivity index (χ4n) is 4.44. The van der Waals surface area contributed by atoms with Crippen LogP contribution in [-0.4, -0.2) is 42.3 Å². The van der Waals surface area contributed by atoms with Crippen LogP contribution in [0.1, 0.15) is 75.2 Å². The van der Waals surface area contributed by atoms with Crippen molar-refractivity contribution in [2.24, 2.45) is 13.0 Å². The van der Waals surface area contributed by atoms with E-state index in [1.54, 1.807) is 22.1 Å². The molecule has 7 heteroatoms. The van der Waals surface area contributed by atoms with E-state index in [-0.39, 0.29) is 16.8 Å². The Balaban J connectivity index is 1.71. The molecule has 2 aliphatic rings. The molecule has 0 radical (unpaired) electrons. The Morgan fingerprint density at radius 2 is 1.93 bits per heavy atom. The Bertz CT molecular complexity index is 751. The molecule has 1 aromatic heterocycles. The van der Waals surface area contributed by atoms with E-state index < -0.39 is 10.0 Å². The molecular weight excluding hydrogens is 362 g/mol. The number of amides is 1. The van der Waals surface area contributed by atoms with Crippen LogP contribution < -0.4 is 5.32 Å². The maximum absolute atomic E-state index is 12.9. The van der Waals surface area contributed by atoms with Crippen molar-refractivity contribution < 1.29 is 13.2 Å². The number of rotatable bonds is 7. The number of nitrogens with zero attached hydrogens (tertiary/aromatic N) is 2. The second-order valence-electron chi connectivity index (χ2n) is 8.05. The van der Waals surface area contributed by atoms with Crippen molar-refractivity contribution in [3.05, 3.63) is 18.0 Å². The number of hydrogen-bond acceptors (Lipinski definition) is 3. The van der Waals surface area contributed by atoms with Crippen molar-refractivity contribution in [1.82, 2.24) is 14.2 Å². The van der Waals surface area contributed by atoms with Gasteiger partial charge in [-0.15, -0.1) is 0 Å². The van der Waals surface area contributed by atoms with Crippen LogP contribution in [-0.2, 0) is 17.1 Å². The molecular formula is C20H33N3O3S. The summed E-state index contributed by atoms with van der Waals surface area (Å²) in [6.45, 7) is 3.33. The van der Waals surface area contributed by atoms with Crippen molar-refractivity contribution in [3.63, 3.8) is 0 Å². The van der Waals surface area contributed by atoms with Gasteiger partial charge < -0.3 is 9.88 Å². The summed E-state index contributed by atoms with van der Waals surface area (Å²) in [5.74, 6) is 0.386. The predicted octanol–water partition coefficient (Wildman–Crippen LogP) is 3.29. The van der Waals surface area contributed by atoms with Crippen LogP contribution in [0.3, 0.4) is 0 Å². The number of hydrogen-bond donors (Lipinski definition) is 1. The minimum Gasteiger partial charge on any atom is -0.348 e. The number of carbonyl (C=O) groups is 1. The second kappa shape index (κ2) is 8.78. The van der Waals surface area contributed by atoms with E-state index in [1.807, 2.05) is 0 Å². The molecule has 2 heterocycles. The number of aryl methyl sites for hydroxylation is 1. The molecule has 0 spiro atoms. The summed E-state index contributed by atoms with van der Waals surface area (Å²) in [5, 5.41) is 3.17. The molecule has 2 unspecified atom stereocenters. The normalized spacial score (nSPS) is 24.2. The third-order valence-corrected chi connectivity index (χ3v) is 7.93. The first-order valence-electron chi connectivity index (χ1n) is 10.4. The van der Waals surface area contributed by atoms with Crippen molar-refractivity contribution in [2.45, 2.75) is 75.6 Å². The largest absolute Gasteiger partial charge is 0.348 e. The maximum Gasteiger partial charge on any atom is 0.268 e. The fourth-order valence-corrected chi connectivity index (χ4v) is 6.03. The molecule has 6 nitrogen and oxygen atoms in total. The first-order valence-corrected chi connectivity index (χ1v) is 11.8. The van der Waals surface area contributed by atoms with Crippen LogP contribution >= 0.6 is 0 Å². The van der Waals surface area contributed by atoms with Crippen LogP contribution in [0.2, 0.25) is 0 Å². The lowest BCUT2D eigenvalue weighted by molar-refractivity contribution is 0.0918. The summed E-state index contributed by atoms with van der Waals surface area (Å²) in [7, 11) is -1.77. The van der Waals surface area contributed by atoms with Gasteiger partial charge in [0, 0.05) is 32.4 Å². The van der Waals surface area contributed by atoms with Gasteiger partial charge in [-0.1, -0.05) is 32.6 Å². The second-order valence-corrected chi connectivity index (χ2v) is 9.99. The Kier molecular flexibility index (Phi) is 6.63. The third kappa shape index (κ3) is 4.57. The number of piperidine rings is 1. The van der Waals surface area contributed by atoms with E-state index in [0.717, 1.165) is 38.5 Å². The van der Waals surface area contributed by atoms with Gasteiger partial charge in [-0.05, 0) is 44.1 Å². The molecule has 0 bridgehead atoms. The summed E-state index contributed by atoms with van der Waals surface area (Å²) in [6.07, 6.45) is 11.3. The summed E-state index contributed by atoms with van der Waals surface area (Å²) in [5.41, 5.74) is 0.423. The quantitative estimate of drug-likeness (QED) is 0.770. The SMILES string of the molecule is CCCCC1CCCC1NC(=O)c1cc(S(=O)(=O)N2CCCCC2)cn1C. The zero-order valence-electron chi connectivity index (χ0n) is 16.6. The lowest BCUT2D eigenvalue weighted by Crippen LogP contribution is -2.38. The summed E-state index contributed by atoms with van der Waals surface area (Å²) >= 11 is 0. The molecule has 1 amide bonds. The summed E-state index contributed by atoms with van der Waals surface area (Å²) in [4.78, 5) is 13.0. The van der Waals surface area contributed by atoms with Crippen LogP contribution in [0.15, 0.2) is 17.2 Å². The van der Waals surface area contributed by atoms with Gasteiger partial charge in [0.1, 0.15) is 10.6 Å². The number of carbonyl (C=O) groups excluding carboxylic acids is 1. The molecule has 1 aromatic rings. The molecule has 1 aliphatic carbocycles. The van der Waals surface area contributed by atoms with Gasteiger partial charge >= 0.3 is 0 Å². The van der Waals surface area contributed by atoms with E-state index in [1.165, 1.54) is 25.3 Å². The van der Waals surface area contributed by atoms with Crippen LogP contribution in [0, 0.1) is 5.92 Å². The van der Waals surface area contributed by atoms with Gasteiger partial charge in [0.05, 0.1) is 0 Å². The number of unbranched alkanes of at least 4 members (excludes halogenated alkanes) is 1. The molecule has 2 atom stereocenters. The van der Waals surface area contributed by atoms with Gasteiger partial charge in [-0.25, -0.2) is 8.42 Å². The van der Waals surface area contributed by atoms with Gasteiger partial charge in [-0.3, -0.25) is 4.79 Å². The predicted molar refractivity (Wildman–Crippen MR) is 106 cm³/mol. The van der Waals surface area contributed by atoms with E-state index in [9.17, 15) is 13.2 Å². The van der Waals surface area contributed by atoms with Crippen LogP contribution in [0.5, 0.6) is 0 Å². The molecule has 0 aromatic carbocycles. The molecule has 152 valence electrons. The molecule has 3 rings (SSSR count). The zero-order chi connectivity index (χ0) is 19.4. The monoisotopic (exact) mass is 395 g/mol. The van der Waals surface area contributed by atoms with E-state index in [2.05, 4.69) is 12.2 Å². The molecule has 1 saturated heterocycles. The Hall–Kier alpha value is -1.34. The molecule has 27 heavy (non-hydrogen) atoms. The van der Waals surface area contributed by atoms with E-state index in [0.29, 0.717) is 24.7 Å². The highest BCUT2D eigenvalue weighted by Crippen LogP contribution is 2.30. The third-order valence-electron chi connectivity index (χ3n) is 6.07. The molecule has 1 aliphatic heterocycles. The first kappa shape index (κ1) is 20.4. The summed E-state index contributed by atoms with van der Waals surface area (Å²) in [6, 6.07) is 1.75. The Morgan fingerprint density at radius 1 is 1.19 bits per heavy atom. The van der Waals surface area contributed by atoms with Crippen molar-refractivity contribution in [3.8, 4) is 0 Å². The number of nitrogens with one attached hydrogen (secondary N) is 1. The van der Waals surface area contributed by atoms with Crippen molar-refractivity contribution in [1.29, 1.82) is 0 Å². The molecule has 1 saturated carbocycles. The maximum atomic E-state index is 12.9. The highest BCUT2D eigenvalue weighted by atomic mass is 32.2. The van der Waals surface area contributed by atoms with Crippen LogP contribution in [0.25, 0.3) is 0 Å². The van der Waals surface area contributed by atoms with Gasteiger partial charge in [0.15, 0.2) is 0 Å². The first-order chi connectivity index (χ1) is 12.9. The van der Waals surface area contributed by atoms with E-state index in [4.69, 9.17) is 0 Å². The van der Waals surface area contributed by atoms with Crippen LogP contribution in [0.4, 0.5) is 0 Å². The smallest absolute Gasteiger partial charge is 0.268 e. The lowest BCUT2D eigenvalue weighted by Gasteiger charge is -2.25. The Morgan fingerprint density at radius 3 is 2.63 bits per heavy atom. The average molecular weight is 396 g/mol. The molecule has 2 fully saturated rings. The molecule has 1 N–H and O–H groups in total. The minimum absolute atomic E-state index is 0.161. The number of sulfonamides is 1. The topological polar surface area (TPSA) is 71.4 Å². The van der Waals surface area contributed by atoms with E-state index >= 15 is 0 Å². The number of aromatic nitrogens is 1. The van der Waals surface area contributed by atoms with Gasteiger partial charge in [0.25, 0.3) is 5.91 Å².